The summed E-state index contributed by atoms with van der Waals surface area (Å²) in [6.07, 6.45) is 1.11. The number of rotatable bonds is 11. The number of ether oxygens (including phenoxy) is 1. The Balaban J connectivity index is 1.37. The maximum Gasteiger partial charge on any atom is 0.432 e. The van der Waals surface area contributed by atoms with Gasteiger partial charge in [-0.2, -0.15) is 8.78 Å². The molecule has 5 rings (SSSR count). The highest BCUT2D eigenvalue weighted by molar-refractivity contribution is 5.73. The second-order valence-corrected chi connectivity index (χ2v) is 10.8. The molecule has 0 radical (unpaired) electrons. The van der Waals surface area contributed by atoms with Gasteiger partial charge in [-0.25, -0.2) is 30.7 Å². The summed E-state index contributed by atoms with van der Waals surface area (Å²) in [7, 11) is 0. The van der Waals surface area contributed by atoms with Crippen LogP contribution in [0.15, 0.2) is 79.0 Å². The van der Waals surface area contributed by atoms with Crippen LogP contribution in [0, 0.1) is 34.9 Å². The van der Waals surface area contributed by atoms with Crippen LogP contribution in [-0.2, 0) is 19.2 Å². The number of halogens is 9. The highest BCUT2D eigenvalue weighted by atomic mass is 19.3. The van der Waals surface area contributed by atoms with Crippen molar-refractivity contribution in [2.24, 2.45) is 0 Å². The number of benzene rings is 4. The van der Waals surface area contributed by atoms with Crippen LogP contribution < -0.4 is 4.74 Å². The van der Waals surface area contributed by atoms with Crippen LogP contribution in [0.5, 0.6) is 5.75 Å². The first-order valence-electron chi connectivity index (χ1n) is 14.6. The maximum atomic E-state index is 15.2. The van der Waals surface area contributed by atoms with Gasteiger partial charge in [0.05, 0.1) is 11.3 Å². The van der Waals surface area contributed by atoms with Crippen molar-refractivity contribution in [3.05, 3.63) is 131 Å². The molecule has 11 heteroatoms. The number of pyridine rings is 1. The maximum absolute atomic E-state index is 15.2. The van der Waals surface area contributed by atoms with Gasteiger partial charge in [0.1, 0.15) is 52.9 Å². The summed E-state index contributed by atoms with van der Waals surface area (Å²) in [6.45, 7) is 0.551. The van der Waals surface area contributed by atoms with Gasteiger partial charge in [0.25, 0.3) is 0 Å². The molecule has 1 heterocycles. The molecule has 0 atom stereocenters. The van der Waals surface area contributed by atoms with Crippen LogP contribution in [0.4, 0.5) is 39.5 Å². The fourth-order valence-corrected chi connectivity index (χ4v) is 5.12. The van der Waals surface area contributed by atoms with Crippen molar-refractivity contribution >= 4 is 0 Å². The molecule has 0 bridgehead atoms. The standard InChI is InChI=1S/C36H26F9NO/c1-2-3-4-5-20-6-11-34(46-19-20)22-8-10-25(29(39)13-22)21-7-9-26(28(38)12-21)23-14-32(42)35(33(43)15-23)36(44,45)47-24-16-30(40)27(18-37)31(41)17-24/h6-17,19H,2-5,18H2,1H3. The Labute approximate surface area is 264 Å². The first kappa shape index (κ1) is 33.6. The Bertz CT molecular complexity index is 1860. The lowest BCUT2D eigenvalue weighted by molar-refractivity contribution is -0.189. The minimum absolute atomic E-state index is 0.0345. The Morgan fingerprint density at radius 1 is 0.638 bits per heavy atom. The first-order valence-corrected chi connectivity index (χ1v) is 14.6. The third kappa shape index (κ3) is 7.29. The van der Waals surface area contributed by atoms with Crippen molar-refractivity contribution in [3.8, 4) is 39.3 Å². The van der Waals surface area contributed by atoms with E-state index in [1.807, 2.05) is 6.07 Å². The largest absolute Gasteiger partial charge is 0.432 e. The van der Waals surface area contributed by atoms with Crippen molar-refractivity contribution in [3.63, 3.8) is 0 Å². The first-order chi connectivity index (χ1) is 22.4. The van der Waals surface area contributed by atoms with Crippen molar-refractivity contribution < 1.29 is 44.3 Å². The molecule has 0 N–H and O–H groups in total. The van der Waals surface area contributed by atoms with Gasteiger partial charge in [-0.15, -0.1) is 0 Å². The zero-order valence-electron chi connectivity index (χ0n) is 24.8. The number of unbranched alkanes of at least 4 members (excludes halogenated alkanes) is 2. The Kier molecular flexibility index (Phi) is 9.93. The number of aromatic nitrogens is 1. The van der Waals surface area contributed by atoms with E-state index in [-0.39, 0.29) is 28.8 Å². The Morgan fingerprint density at radius 3 is 1.77 bits per heavy atom. The molecule has 0 amide bonds. The van der Waals surface area contributed by atoms with E-state index in [1.165, 1.54) is 18.2 Å². The molecule has 2 nitrogen and oxygen atoms in total. The third-order valence-electron chi connectivity index (χ3n) is 7.58. The summed E-state index contributed by atoms with van der Waals surface area (Å²) >= 11 is 0. The van der Waals surface area contributed by atoms with E-state index >= 15 is 8.78 Å². The average molecular weight is 660 g/mol. The number of nitrogens with zero attached hydrogens (tertiary/aromatic N) is 1. The monoisotopic (exact) mass is 659 g/mol. The smallest absolute Gasteiger partial charge is 0.429 e. The highest BCUT2D eigenvalue weighted by Gasteiger charge is 2.41. The molecule has 5 aromatic rings. The molecule has 1 aromatic heterocycles. The molecule has 0 saturated carbocycles. The highest BCUT2D eigenvalue weighted by Crippen LogP contribution is 2.39. The average Bonchev–Trinajstić information content (AvgIpc) is 3.00. The van der Waals surface area contributed by atoms with Crippen LogP contribution in [0.25, 0.3) is 33.5 Å². The van der Waals surface area contributed by atoms with Gasteiger partial charge in [0, 0.05) is 35.0 Å². The molecule has 0 aliphatic heterocycles. The molecule has 0 aliphatic carbocycles. The summed E-state index contributed by atoms with van der Waals surface area (Å²) in [5.74, 6) is -9.63. The molecule has 4 aromatic carbocycles. The quantitative estimate of drug-likeness (QED) is 0.104. The molecule has 244 valence electrons. The van der Waals surface area contributed by atoms with Gasteiger partial charge in [-0.3, -0.25) is 4.98 Å². The van der Waals surface area contributed by atoms with E-state index < -0.39 is 70.1 Å². The van der Waals surface area contributed by atoms with Gasteiger partial charge in [-0.05, 0) is 59.9 Å². The number of hydrogen-bond acceptors (Lipinski definition) is 2. The lowest BCUT2D eigenvalue weighted by atomic mass is 9.97. The molecule has 47 heavy (non-hydrogen) atoms. The van der Waals surface area contributed by atoms with Crippen LogP contribution in [-0.4, -0.2) is 4.98 Å². The molecular formula is C36H26F9NO. The lowest BCUT2D eigenvalue weighted by Crippen LogP contribution is -2.25. The van der Waals surface area contributed by atoms with E-state index in [0.29, 0.717) is 23.4 Å². The van der Waals surface area contributed by atoms with Crippen LogP contribution in [0.3, 0.4) is 0 Å². The molecule has 0 spiro atoms. The zero-order chi connectivity index (χ0) is 33.9. The predicted octanol–water partition coefficient (Wildman–Crippen LogP) is 11.2. The van der Waals surface area contributed by atoms with Crippen molar-refractivity contribution in [1.82, 2.24) is 4.98 Å². The van der Waals surface area contributed by atoms with Crippen LogP contribution in [0.2, 0.25) is 0 Å². The Morgan fingerprint density at radius 2 is 1.21 bits per heavy atom. The second kappa shape index (κ2) is 13.9. The van der Waals surface area contributed by atoms with Gasteiger partial charge in [0.2, 0.25) is 0 Å². The minimum atomic E-state index is -4.78. The number of alkyl halides is 3. The van der Waals surface area contributed by atoms with E-state index in [9.17, 15) is 30.7 Å². The Hall–Kier alpha value is -4.80. The van der Waals surface area contributed by atoms with E-state index in [0.717, 1.165) is 43.4 Å². The second-order valence-electron chi connectivity index (χ2n) is 10.8. The van der Waals surface area contributed by atoms with Crippen molar-refractivity contribution in [1.29, 1.82) is 0 Å². The van der Waals surface area contributed by atoms with Gasteiger partial charge >= 0.3 is 6.11 Å². The van der Waals surface area contributed by atoms with Gasteiger partial charge < -0.3 is 4.74 Å². The normalized spacial score (nSPS) is 11.6. The molecule has 0 saturated heterocycles. The summed E-state index contributed by atoms with van der Waals surface area (Å²) in [4.78, 5) is 4.41. The van der Waals surface area contributed by atoms with Crippen molar-refractivity contribution in [2.75, 3.05) is 0 Å². The van der Waals surface area contributed by atoms with E-state index in [4.69, 9.17) is 0 Å². The summed E-state index contributed by atoms with van der Waals surface area (Å²) < 4.78 is 134. The molecule has 0 unspecified atom stereocenters. The topological polar surface area (TPSA) is 22.1 Å². The van der Waals surface area contributed by atoms with Gasteiger partial charge in [0.15, 0.2) is 0 Å². The fraction of sp³-hybridized carbons (Fsp3) is 0.194. The van der Waals surface area contributed by atoms with Crippen molar-refractivity contribution in [2.45, 2.75) is 45.4 Å². The molecule has 0 aliphatic rings. The summed E-state index contributed by atoms with van der Waals surface area (Å²) in [6, 6.07) is 12.7. The summed E-state index contributed by atoms with van der Waals surface area (Å²) in [5, 5.41) is 0. The van der Waals surface area contributed by atoms with Gasteiger partial charge in [-0.1, -0.05) is 50.1 Å². The fourth-order valence-electron chi connectivity index (χ4n) is 5.12. The zero-order valence-corrected chi connectivity index (χ0v) is 24.8. The minimum Gasteiger partial charge on any atom is -0.429 e. The lowest BCUT2D eigenvalue weighted by Gasteiger charge is -2.20. The predicted molar refractivity (Wildman–Crippen MR) is 159 cm³/mol. The van der Waals surface area contributed by atoms with E-state index in [1.54, 1.807) is 18.3 Å². The summed E-state index contributed by atoms with van der Waals surface area (Å²) in [5.41, 5.74) is -1.53. The third-order valence-corrected chi connectivity index (χ3v) is 7.58. The molecular weight excluding hydrogens is 633 g/mol. The van der Waals surface area contributed by atoms with E-state index in [2.05, 4.69) is 16.6 Å². The van der Waals surface area contributed by atoms with Crippen LogP contribution in [0.1, 0.15) is 42.9 Å². The molecule has 0 fully saturated rings. The number of aryl methyl sites for hydroxylation is 1. The van der Waals surface area contributed by atoms with Crippen LogP contribution >= 0.6 is 0 Å². The SMILES string of the molecule is CCCCCc1ccc(-c2ccc(-c3ccc(-c4cc(F)c(C(F)(F)Oc5cc(F)c(CF)c(F)c5)c(F)c4)c(F)c3)c(F)c2)nc1. The number of hydrogen-bond donors (Lipinski definition) is 0.